The van der Waals surface area contributed by atoms with Gasteiger partial charge in [-0.2, -0.15) is 0 Å². The predicted molar refractivity (Wildman–Crippen MR) is 130 cm³/mol. The zero-order valence-corrected chi connectivity index (χ0v) is 20.2. The Bertz CT molecular complexity index is 1180. The molecule has 0 unspecified atom stereocenters. The number of thiocarbonyl (C=S) groups is 1. The number of carbonyl (C=O) groups excluding carboxylic acids is 1. The molecular formula is C26H29FN2O2S. The Morgan fingerprint density at radius 2 is 1.62 bits per heavy atom. The van der Waals surface area contributed by atoms with Gasteiger partial charge in [0, 0.05) is 5.56 Å². The molecule has 6 heteroatoms. The van der Waals surface area contributed by atoms with Crippen LogP contribution < -0.4 is 15.4 Å². The molecule has 2 aromatic carbocycles. The third-order valence-electron chi connectivity index (χ3n) is 6.79. The molecule has 0 spiro atoms. The van der Waals surface area contributed by atoms with E-state index in [1.54, 1.807) is 6.08 Å². The Morgan fingerprint density at radius 3 is 2.19 bits per heavy atom. The second kappa shape index (κ2) is 7.69. The van der Waals surface area contributed by atoms with Crippen molar-refractivity contribution in [2.45, 2.75) is 58.3 Å². The van der Waals surface area contributed by atoms with Gasteiger partial charge in [-0.1, -0.05) is 33.8 Å². The van der Waals surface area contributed by atoms with Crippen LogP contribution in [0, 0.1) is 12.7 Å². The number of hydrogen-bond donors (Lipinski definition) is 2. The van der Waals surface area contributed by atoms with Crippen LogP contribution in [0.3, 0.4) is 0 Å². The van der Waals surface area contributed by atoms with Crippen molar-refractivity contribution < 1.29 is 13.9 Å². The van der Waals surface area contributed by atoms with Crippen molar-refractivity contribution in [1.82, 2.24) is 10.6 Å². The van der Waals surface area contributed by atoms with Gasteiger partial charge in [-0.15, -0.1) is 0 Å². The molecule has 1 fully saturated rings. The summed E-state index contributed by atoms with van der Waals surface area (Å²) < 4.78 is 20.6. The van der Waals surface area contributed by atoms with E-state index in [1.807, 2.05) is 6.07 Å². The molecule has 2 aromatic rings. The van der Waals surface area contributed by atoms with Gasteiger partial charge in [0.1, 0.15) is 5.70 Å². The SMILES string of the molecule is COc1c(F)cc(C=C2NC(=S)NC2=O)cc1-c1cc2c(cc1C)C(C)(C)CCC2(C)C. The van der Waals surface area contributed by atoms with Crippen LogP contribution in [-0.4, -0.2) is 18.1 Å². The molecule has 2 N–H and O–H groups in total. The molecule has 1 aliphatic carbocycles. The van der Waals surface area contributed by atoms with E-state index in [9.17, 15) is 4.79 Å². The van der Waals surface area contributed by atoms with Crippen molar-refractivity contribution in [1.29, 1.82) is 0 Å². The van der Waals surface area contributed by atoms with Crippen molar-refractivity contribution in [3.8, 4) is 16.9 Å². The van der Waals surface area contributed by atoms with Crippen LogP contribution in [-0.2, 0) is 15.6 Å². The monoisotopic (exact) mass is 452 g/mol. The molecule has 2 aliphatic rings. The minimum atomic E-state index is -0.477. The van der Waals surface area contributed by atoms with Crippen LogP contribution in [0.25, 0.3) is 17.2 Å². The van der Waals surface area contributed by atoms with Crippen LogP contribution >= 0.6 is 12.2 Å². The Morgan fingerprint density at radius 1 is 1.00 bits per heavy atom. The summed E-state index contributed by atoms with van der Waals surface area (Å²) >= 11 is 4.99. The van der Waals surface area contributed by atoms with Crippen LogP contribution in [0.4, 0.5) is 4.39 Å². The van der Waals surface area contributed by atoms with Gasteiger partial charge in [0.25, 0.3) is 5.91 Å². The summed E-state index contributed by atoms with van der Waals surface area (Å²) in [6.45, 7) is 11.2. The quantitative estimate of drug-likeness (QED) is 0.477. The molecule has 0 saturated carbocycles. The first-order valence-electron chi connectivity index (χ1n) is 10.8. The average molecular weight is 453 g/mol. The lowest BCUT2D eigenvalue weighted by Gasteiger charge is -2.42. The van der Waals surface area contributed by atoms with Gasteiger partial charge in [-0.3, -0.25) is 10.1 Å². The van der Waals surface area contributed by atoms with E-state index in [4.69, 9.17) is 17.0 Å². The molecule has 0 bridgehead atoms. The van der Waals surface area contributed by atoms with Gasteiger partial charge >= 0.3 is 0 Å². The van der Waals surface area contributed by atoms with E-state index in [0.29, 0.717) is 11.1 Å². The summed E-state index contributed by atoms with van der Waals surface area (Å²) in [7, 11) is 1.48. The number of fused-ring (bicyclic) bond motifs is 1. The van der Waals surface area contributed by atoms with Crippen LogP contribution in [0.5, 0.6) is 5.75 Å². The smallest absolute Gasteiger partial charge is 0.273 e. The van der Waals surface area contributed by atoms with Crippen LogP contribution in [0.15, 0.2) is 30.0 Å². The fraction of sp³-hybridized carbons (Fsp3) is 0.385. The summed E-state index contributed by atoms with van der Waals surface area (Å²) in [5, 5.41) is 5.58. The molecule has 0 radical (unpaired) electrons. The molecule has 1 aliphatic heterocycles. The number of ether oxygens (including phenoxy) is 1. The van der Waals surface area contributed by atoms with Crippen molar-refractivity contribution in [3.63, 3.8) is 0 Å². The highest BCUT2D eigenvalue weighted by Gasteiger charge is 2.37. The number of carbonyl (C=O) groups is 1. The summed E-state index contributed by atoms with van der Waals surface area (Å²) in [5.41, 5.74) is 6.28. The highest BCUT2D eigenvalue weighted by molar-refractivity contribution is 7.80. The van der Waals surface area contributed by atoms with Gasteiger partial charge in [-0.25, -0.2) is 4.39 Å². The number of benzene rings is 2. The van der Waals surface area contributed by atoms with Gasteiger partial charge < -0.3 is 10.1 Å². The van der Waals surface area contributed by atoms with Crippen molar-refractivity contribution in [2.24, 2.45) is 0 Å². The number of methoxy groups -OCH3 is 1. The van der Waals surface area contributed by atoms with Gasteiger partial charge in [0.2, 0.25) is 0 Å². The Balaban J connectivity index is 1.92. The van der Waals surface area contributed by atoms with Crippen LogP contribution in [0.2, 0.25) is 0 Å². The van der Waals surface area contributed by atoms with Crippen molar-refractivity contribution in [2.75, 3.05) is 7.11 Å². The first-order valence-corrected chi connectivity index (χ1v) is 11.2. The number of aryl methyl sites for hydroxylation is 1. The zero-order valence-electron chi connectivity index (χ0n) is 19.4. The zero-order chi connectivity index (χ0) is 23.4. The average Bonchev–Trinajstić information content (AvgIpc) is 3.01. The number of rotatable bonds is 3. The molecule has 4 rings (SSSR count). The number of hydrogen-bond acceptors (Lipinski definition) is 3. The largest absolute Gasteiger partial charge is 0.493 e. The Labute approximate surface area is 194 Å². The third kappa shape index (κ3) is 3.81. The molecule has 4 nitrogen and oxygen atoms in total. The first kappa shape index (κ1) is 22.5. The fourth-order valence-corrected chi connectivity index (χ4v) is 4.97. The second-order valence-electron chi connectivity index (χ2n) is 10.0. The molecule has 168 valence electrons. The Kier molecular flexibility index (Phi) is 5.40. The number of nitrogens with one attached hydrogen (secondary N) is 2. The van der Waals surface area contributed by atoms with E-state index < -0.39 is 5.82 Å². The predicted octanol–water partition coefficient (Wildman–Crippen LogP) is 5.50. The molecule has 0 aromatic heterocycles. The molecule has 32 heavy (non-hydrogen) atoms. The van der Waals surface area contributed by atoms with E-state index in [1.165, 1.54) is 24.3 Å². The molecule has 1 amide bonds. The molecule has 1 heterocycles. The summed E-state index contributed by atoms with van der Waals surface area (Å²) in [6.07, 6.45) is 3.82. The standard InChI is InChI=1S/C26H29FN2O2S/c1-14-9-18-19(26(4,5)8-7-25(18,2)3)13-16(14)17-10-15(11-20(27)22(17)31-6)12-21-23(30)29-24(32)28-21/h9-13H,7-8H2,1-6H3,(H2,28,29,30,32). The Hall–Kier alpha value is -2.73. The highest BCUT2D eigenvalue weighted by Crippen LogP contribution is 2.48. The minimum absolute atomic E-state index is 0.0280. The lowest BCUT2D eigenvalue weighted by Crippen LogP contribution is -2.34. The molecule has 1 saturated heterocycles. The molecular weight excluding hydrogens is 423 g/mol. The fourth-order valence-electron chi connectivity index (χ4n) is 4.77. The van der Waals surface area contributed by atoms with Gasteiger partial charge in [0.15, 0.2) is 16.7 Å². The van der Waals surface area contributed by atoms with E-state index >= 15 is 4.39 Å². The first-order chi connectivity index (χ1) is 14.9. The van der Waals surface area contributed by atoms with Gasteiger partial charge in [0.05, 0.1) is 7.11 Å². The topological polar surface area (TPSA) is 50.4 Å². The number of halogens is 1. The van der Waals surface area contributed by atoms with E-state index in [0.717, 1.165) is 24.0 Å². The van der Waals surface area contributed by atoms with Gasteiger partial charge in [-0.05, 0) is 94.9 Å². The maximum atomic E-state index is 15.1. The van der Waals surface area contributed by atoms with E-state index in [2.05, 4.69) is 57.4 Å². The highest BCUT2D eigenvalue weighted by atomic mass is 32.1. The van der Waals surface area contributed by atoms with Crippen LogP contribution in [0.1, 0.15) is 62.8 Å². The maximum Gasteiger partial charge on any atom is 0.273 e. The minimum Gasteiger partial charge on any atom is -0.493 e. The second-order valence-corrected chi connectivity index (χ2v) is 10.4. The third-order valence-corrected chi connectivity index (χ3v) is 6.99. The maximum absolute atomic E-state index is 15.1. The van der Waals surface area contributed by atoms with Crippen molar-refractivity contribution >= 4 is 29.3 Å². The van der Waals surface area contributed by atoms with Crippen molar-refractivity contribution in [3.05, 3.63) is 58.0 Å². The molecule has 0 atom stereocenters. The van der Waals surface area contributed by atoms with E-state index in [-0.39, 0.29) is 33.3 Å². The summed E-state index contributed by atoms with van der Waals surface area (Å²) in [6, 6.07) is 7.68. The lowest BCUT2D eigenvalue weighted by molar-refractivity contribution is -0.115. The number of amides is 1. The summed E-state index contributed by atoms with van der Waals surface area (Å²) in [5.74, 6) is -0.612. The normalized spacial score (nSPS) is 20.0. The lowest BCUT2D eigenvalue weighted by atomic mass is 9.62. The summed E-state index contributed by atoms with van der Waals surface area (Å²) in [4.78, 5) is 12.1.